The van der Waals surface area contributed by atoms with Gasteiger partial charge in [-0.3, -0.25) is 0 Å². The third-order valence-electron chi connectivity index (χ3n) is 5.89. The Morgan fingerprint density at radius 3 is 2.11 bits per heavy atom. The number of benzene rings is 3. The van der Waals surface area contributed by atoms with E-state index in [1.165, 1.54) is 5.56 Å². The molecule has 1 unspecified atom stereocenters. The lowest BCUT2D eigenvalue weighted by atomic mass is 10.0. The van der Waals surface area contributed by atoms with Gasteiger partial charge in [0.25, 0.3) is 0 Å². The van der Waals surface area contributed by atoms with Crippen LogP contribution in [-0.2, 0) is 16.1 Å². The van der Waals surface area contributed by atoms with Gasteiger partial charge >= 0.3 is 11.9 Å². The summed E-state index contributed by atoms with van der Waals surface area (Å²) in [4.78, 5) is 18.2. The van der Waals surface area contributed by atoms with Gasteiger partial charge in [-0.25, -0.2) is 9.59 Å². The van der Waals surface area contributed by atoms with Gasteiger partial charge in [0.05, 0.1) is 19.8 Å². The lowest BCUT2D eigenvalue weighted by Crippen LogP contribution is -2.25. The van der Waals surface area contributed by atoms with Crippen molar-refractivity contribution in [3.05, 3.63) is 84.4 Å². The van der Waals surface area contributed by atoms with Crippen LogP contribution in [0.25, 0.3) is 22.2 Å². The van der Waals surface area contributed by atoms with Crippen LogP contribution >= 0.6 is 0 Å². The lowest BCUT2D eigenvalue weighted by molar-refractivity contribution is -0.159. The monoisotopic (exact) mass is 504 g/mol. The zero-order valence-electron chi connectivity index (χ0n) is 21.1. The van der Waals surface area contributed by atoms with Crippen molar-refractivity contribution in [3.63, 3.8) is 0 Å². The molecule has 0 fully saturated rings. The Kier molecular flexibility index (Phi) is 9.29. The summed E-state index contributed by atoms with van der Waals surface area (Å²) in [5.41, 5.74) is 5.64. The van der Waals surface area contributed by atoms with Crippen LogP contribution in [0.4, 0.5) is 5.69 Å². The van der Waals surface area contributed by atoms with Crippen molar-refractivity contribution in [2.75, 3.05) is 19.0 Å². The van der Waals surface area contributed by atoms with E-state index in [-0.39, 0.29) is 0 Å². The van der Waals surface area contributed by atoms with Crippen LogP contribution in [0.1, 0.15) is 25.3 Å². The molecule has 0 saturated heterocycles. The number of aliphatic carboxylic acids is 2. The van der Waals surface area contributed by atoms with Gasteiger partial charge in [0, 0.05) is 28.8 Å². The van der Waals surface area contributed by atoms with Crippen molar-refractivity contribution in [2.24, 2.45) is 0 Å². The molecule has 194 valence electrons. The summed E-state index contributed by atoms with van der Waals surface area (Å²) in [6, 6.07) is 27.0. The molecule has 0 aliphatic rings. The molecular formula is C29H32N2O6. The summed E-state index contributed by atoms with van der Waals surface area (Å²) >= 11 is 0. The molecule has 0 bridgehead atoms. The van der Waals surface area contributed by atoms with Gasteiger partial charge in [0.2, 0.25) is 0 Å². The van der Waals surface area contributed by atoms with E-state index in [0.29, 0.717) is 19.0 Å². The van der Waals surface area contributed by atoms with Gasteiger partial charge in [0.1, 0.15) is 5.75 Å². The Bertz CT molecular complexity index is 1320. The molecule has 4 N–H and O–H groups in total. The molecule has 0 saturated carbocycles. The first-order valence-corrected chi connectivity index (χ1v) is 11.9. The summed E-state index contributed by atoms with van der Waals surface area (Å²) < 4.78 is 7.50. The third kappa shape index (κ3) is 7.35. The van der Waals surface area contributed by atoms with Gasteiger partial charge in [-0.15, -0.1) is 0 Å². The highest BCUT2D eigenvalue weighted by Gasteiger charge is 2.14. The molecule has 0 aliphatic carbocycles. The molecule has 1 heterocycles. The Morgan fingerprint density at radius 1 is 0.919 bits per heavy atom. The van der Waals surface area contributed by atoms with Crippen molar-refractivity contribution in [2.45, 2.75) is 32.4 Å². The number of nitrogens with one attached hydrogen (secondary N) is 1. The molecule has 0 radical (unpaired) electrons. The topological polar surface area (TPSA) is 121 Å². The average molecular weight is 505 g/mol. The molecule has 8 nitrogen and oxygen atoms in total. The molecule has 4 aromatic rings. The number of para-hydroxylation sites is 1. The minimum atomic E-state index is -1.82. The van der Waals surface area contributed by atoms with Crippen molar-refractivity contribution in [1.82, 2.24) is 4.57 Å². The fourth-order valence-corrected chi connectivity index (χ4v) is 3.90. The number of aromatic nitrogens is 1. The van der Waals surface area contributed by atoms with Crippen LogP contribution in [0.5, 0.6) is 5.75 Å². The Labute approximate surface area is 215 Å². The quantitative estimate of drug-likeness (QED) is 0.247. The predicted octanol–water partition coefficient (Wildman–Crippen LogP) is 5.07. The highest BCUT2D eigenvalue weighted by molar-refractivity contribution is 6.27. The number of rotatable bonds is 8. The molecule has 37 heavy (non-hydrogen) atoms. The van der Waals surface area contributed by atoms with Gasteiger partial charge in [-0.1, -0.05) is 44.2 Å². The van der Waals surface area contributed by atoms with Crippen LogP contribution in [0.15, 0.2) is 78.9 Å². The number of aliphatic hydroxyl groups excluding tert-OH is 1. The van der Waals surface area contributed by atoms with E-state index in [2.05, 4.69) is 78.3 Å². The maximum Gasteiger partial charge on any atom is 0.414 e. The maximum atomic E-state index is 10.8. The predicted molar refractivity (Wildman–Crippen MR) is 144 cm³/mol. The summed E-state index contributed by atoms with van der Waals surface area (Å²) in [5.74, 6) is -2.30. The highest BCUT2D eigenvalue weighted by Crippen LogP contribution is 2.30. The molecule has 1 aromatic heterocycles. The van der Waals surface area contributed by atoms with Crippen molar-refractivity contribution < 1.29 is 29.6 Å². The summed E-state index contributed by atoms with van der Waals surface area (Å²) in [7, 11) is 1.67. The van der Waals surface area contributed by atoms with Crippen molar-refractivity contribution in [1.29, 1.82) is 0 Å². The summed E-state index contributed by atoms with van der Waals surface area (Å²) in [6.07, 6.45) is -0.530. The normalized spacial score (nSPS) is 11.5. The first kappa shape index (κ1) is 27.3. The Morgan fingerprint density at radius 2 is 1.54 bits per heavy atom. The van der Waals surface area contributed by atoms with Crippen LogP contribution in [0.2, 0.25) is 0 Å². The van der Waals surface area contributed by atoms with E-state index >= 15 is 0 Å². The van der Waals surface area contributed by atoms with E-state index in [1.807, 2.05) is 24.3 Å². The van der Waals surface area contributed by atoms with Gasteiger partial charge < -0.3 is 29.9 Å². The zero-order valence-corrected chi connectivity index (χ0v) is 21.1. The molecule has 0 spiro atoms. The fraction of sp³-hybridized carbons (Fsp3) is 0.241. The number of hydrogen-bond donors (Lipinski definition) is 4. The second-order valence-electron chi connectivity index (χ2n) is 8.85. The number of hydrogen-bond acceptors (Lipinski definition) is 5. The SMILES string of the molecule is COc1ccc(-c2cc3ccccc3n2CC(O)CNc2ccc(C(C)C)cc2)cc1.O=C(O)C(=O)O. The second-order valence-corrected chi connectivity index (χ2v) is 8.85. The second kappa shape index (κ2) is 12.6. The number of anilines is 1. The minimum absolute atomic E-state index is 0.482. The molecular weight excluding hydrogens is 472 g/mol. The number of fused-ring (bicyclic) bond motifs is 1. The van der Waals surface area contributed by atoms with Gasteiger partial charge in [-0.05, 0) is 65.6 Å². The van der Waals surface area contributed by atoms with Crippen molar-refractivity contribution >= 4 is 28.5 Å². The number of aliphatic hydroxyl groups is 1. The summed E-state index contributed by atoms with van der Waals surface area (Å²) in [6.45, 7) is 5.36. The van der Waals surface area contributed by atoms with Crippen LogP contribution < -0.4 is 10.1 Å². The van der Waals surface area contributed by atoms with Crippen LogP contribution in [-0.4, -0.2) is 51.6 Å². The third-order valence-corrected chi connectivity index (χ3v) is 5.89. The van der Waals surface area contributed by atoms with E-state index in [1.54, 1.807) is 7.11 Å². The molecule has 3 aromatic carbocycles. The molecule has 0 amide bonds. The first-order chi connectivity index (χ1) is 17.7. The summed E-state index contributed by atoms with van der Waals surface area (Å²) in [5, 5.41) is 30.1. The van der Waals surface area contributed by atoms with Crippen LogP contribution in [0.3, 0.4) is 0 Å². The molecule has 1 atom stereocenters. The Hall–Kier alpha value is -4.30. The van der Waals surface area contributed by atoms with E-state index in [9.17, 15) is 5.11 Å². The number of carboxylic acid groups (broad SMARTS) is 2. The molecule has 4 rings (SSSR count). The van der Waals surface area contributed by atoms with Crippen LogP contribution in [0, 0.1) is 0 Å². The number of carbonyl (C=O) groups is 2. The standard InChI is InChI=1S/C27H30N2O2.C2H2O4/c1-19(2)20-8-12-23(13-9-20)28-17-24(30)18-29-26-7-5-4-6-22(26)16-27(29)21-10-14-25(31-3)15-11-21;3-1(4)2(5)6/h4-16,19,24,28,30H,17-18H2,1-3H3;(H,3,4)(H,5,6). The number of nitrogens with zero attached hydrogens (tertiary/aromatic N) is 1. The smallest absolute Gasteiger partial charge is 0.414 e. The Balaban J connectivity index is 0.000000568. The minimum Gasteiger partial charge on any atom is -0.497 e. The van der Waals surface area contributed by atoms with E-state index in [0.717, 1.165) is 33.6 Å². The number of ether oxygens (including phenoxy) is 1. The maximum absolute atomic E-state index is 10.8. The van der Waals surface area contributed by atoms with E-state index < -0.39 is 18.0 Å². The zero-order chi connectivity index (χ0) is 26.9. The van der Waals surface area contributed by atoms with Gasteiger partial charge in [0.15, 0.2) is 0 Å². The first-order valence-electron chi connectivity index (χ1n) is 11.9. The number of carboxylic acids is 2. The highest BCUT2D eigenvalue weighted by atomic mass is 16.5. The molecule has 8 heteroatoms. The lowest BCUT2D eigenvalue weighted by Gasteiger charge is -2.18. The fourth-order valence-electron chi connectivity index (χ4n) is 3.90. The largest absolute Gasteiger partial charge is 0.497 e. The van der Waals surface area contributed by atoms with Gasteiger partial charge in [-0.2, -0.15) is 0 Å². The number of methoxy groups -OCH3 is 1. The average Bonchev–Trinajstić information content (AvgIpc) is 3.26. The molecule has 0 aliphatic heterocycles. The van der Waals surface area contributed by atoms with E-state index in [4.69, 9.17) is 24.5 Å². The van der Waals surface area contributed by atoms with Crippen molar-refractivity contribution in [3.8, 4) is 17.0 Å².